The van der Waals surface area contributed by atoms with Crippen LogP contribution in [-0.2, 0) is 17.8 Å². The van der Waals surface area contributed by atoms with Crippen LogP contribution in [0.5, 0.6) is 11.5 Å². The number of alkyl halides is 6. The first-order valence-corrected chi connectivity index (χ1v) is 9.73. The van der Waals surface area contributed by atoms with E-state index in [0.717, 1.165) is 6.92 Å². The molecular formula is C22H14F6N2O6. The molecule has 3 rings (SSSR count). The van der Waals surface area contributed by atoms with E-state index < -0.39 is 72.7 Å². The van der Waals surface area contributed by atoms with Crippen molar-refractivity contribution in [2.75, 3.05) is 0 Å². The van der Waals surface area contributed by atoms with Gasteiger partial charge in [-0.3, -0.25) is 20.2 Å². The van der Waals surface area contributed by atoms with Gasteiger partial charge in [-0.1, -0.05) is 30.3 Å². The highest BCUT2D eigenvalue weighted by atomic mass is 19.4. The fraction of sp³-hybridized carbons (Fsp3) is 0.182. The standard InChI is InChI=1S/C22H14F6N2O6/c1-20(11-5-3-2-4-6-11,12-7-14(21(23,24)25)18(31)16(9-12)29(33)34)13-8-15(22(26,27)28)19(32)17(10-13)30(35)36/h2-10,31-32H,1H3. The van der Waals surface area contributed by atoms with Crippen molar-refractivity contribution in [3.05, 3.63) is 103 Å². The van der Waals surface area contributed by atoms with Crippen LogP contribution in [0.4, 0.5) is 37.7 Å². The fourth-order valence-electron chi connectivity index (χ4n) is 3.80. The Hall–Kier alpha value is -4.36. The third kappa shape index (κ3) is 4.48. The number of hydrogen-bond acceptors (Lipinski definition) is 6. The van der Waals surface area contributed by atoms with E-state index in [1.165, 1.54) is 30.3 Å². The number of aromatic hydroxyl groups is 2. The molecule has 0 spiro atoms. The van der Waals surface area contributed by atoms with Gasteiger partial charge in [0.05, 0.1) is 9.85 Å². The van der Waals surface area contributed by atoms with E-state index >= 15 is 0 Å². The van der Waals surface area contributed by atoms with E-state index in [0.29, 0.717) is 24.3 Å². The van der Waals surface area contributed by atoms with Crippen LogP contribution in [0.1, 0.15) is 34.7 Å². The molecule has 8 nitrogen and oxygen atoms in total. The molecule has 0 saturated carbocycles. The summed E-state index contributed by atoms with van der Waals surface area (Å²) in [4.78, 5) is 20.3. The molecule has 14 heteroatoms. The largest absolute Gasteiger partial charge is 0.502 e. The lowest BCUT2D eigenvalue weighted by atomic mass is 9.70. The maximum atomic E-state index is 13.7. The number of phenols is 2. The normalized spacial score (nSPS) is 12.4. The molecular weight excluding hydrogens is 502 g/mol. The number of nitrogens with zero attached hydrogens (tertiary/aromatic N) is 2. The predicted octanol–water partition coefficient (Wildman–Crippen LogP) is 6.31. The van der Waals surface area contributed by atoms with E-state index in [4.69, 9.17) is 0 Å². The Labute approximate surface area is 197 Å². The first kappa shape index (κ1) is 26.2. The third-order valence-corrected chi connectivity index (χ3v) is 5.69. The zero-order valence-corrected chi connectivity index (χ0v) is 17.9. The molecule has 0 aliphatic heterocycles. The van der Waals surface area contributed by atoms with Crippen molar-refractivity contribution in [1.82, 2.24) is 0 Å². The van der Waals surface area contributed by atoms with Gasteiger partial charge in [-0.25, -0.2) is 0 Å². The van der Waals surface area contributed by atoms with E-state index in [1.807, 2.05) is 0 Å². The quantitative estimate of drug-likeness (QED) is 0.177. The van der Waals surface area contributed by atoms with Gasteiger partial charge in [-0.05, 0) is 35.7 Å². The second kappa shape index (κ2) is 8.70. The Balaban J connectivity index is 2.54. The first-order valence-electron chi connectivity index (χ1n) is 9.73. The Morgan fingerprint density at radius 3 is 1.33 bits per heavy atom. The number of rotatable bonds is 5. The summed E-state index contributed by atoms with van der Waals surface area (Å²) < 4.78 is 81.9. The summed E-state index contributed by atoms with van der Waals surface area (Å²) in [5.41, 5.74) is -9.73. The van der Waals surface area contributed by atoms with Crippen LogP contribution in [0.15, 0.2) is 54.6 Å². The summed E-state index contributed by atoms with van der Waals surface area (Å²) in [5.74, 6) is -3.42. The third-order valence-electron chi connectivity index (χ3n) is 5.69. The van der Waals surface area contributed by atoms with Crippen LogP contribution in [0.25, 0.3) is 0 Å². The molecule has 0 heterocycles. The lowest BCUT2D eigenvalue weighted by Crippen LogP contribution is -2.27. The molecule has 0 amide bonds. The van der Waals surface area contributed by atoms with Crippen LogP contribution in [0, 0.1) is 20.2 Å². The summed E-state index contributed by atoms with van der Waals surface area (Å²) in [6, 6.07) is 8.55. The van der Waals surface area contributed by atoms with Crippen LogP contribution >= 0.6 is 0 Å². The average Bonchev–Trinajstić information content (AvgIpc) is 2.77. The minimum atomic E-state index is -5.31. The van der Waals surface area contributed by atoms with Crippen molar-refractivity contribution in [2.24, 2.45) is 0 Å². The van der Waals surface area contributed by atoms with Gasteiger partial charge < -0.3 is 10.2 Å². The average molecular weight is 516 g/mol. The number of benzene rings is 3. The summed E-state index contributed by atoms with van der Waals surface area (Å²) in [7, 11) is 0. The Morgan fingerprint density at radius 1 is 0.667 bits per heavy atom. The Kier molecular flexibility index (Phi) is 6.34. The lowest BCUT2D eigenvalue weighted by molar-refractivity contribution is -0.386. The monoisotopic (exact) mass is 516 g/mol. The second-order valence-corrected chi connectivity index (χ2v) is 7.78. The number of halogens is 6. The van der Waals surface area contributed by atoms with E-state index in [9.17, 15) is 56.8 Å². The Morgan fingerprint density at radius 2 is 1.03 bits per heavy atom. The molecule has 0 radical (unpaired) electrons. The zero-order chi connectivity index (χ0) is 27.2. The topological polar surface area (TPSA) is 127 Å². The van der Waals surface area contributed by atoms with E-state index in [2.05, 4.69) is 0 Å². The molecule has 190 valence electrons. The number of nitro benzene ring substituents is 2. The van der Waals surface area contributed by atoms with Crippen LogP contribution in [0.3, 0.4) is 0 Å². The lowest BCUT2D eigenvalue weighted by Gasteiger charge is -2.33. The molecule has 3 aromatic carbocycles. The van der Waals surface area contributed by atoms with E-state index in [-0.39, 0.29) is 5.56 Å². The van der Waals surface area contributed by atoms with Crippen molar-refractivity contribution in [2.45, 2.75) is 24.7 Å². The summed E-state index contributed by atoms with van der Waals surface area (Å²) in [5, 5.41) is 42.7. The zero-order valence-electron chi connectivity index (χ0n) is 17.9. The maximum absolute atomic E-state index is 13.7. The van der Waals surface area contributed by atoms with Crippen LogP contribution in [0.2, 0.25) is 0 Å². The van der Waals surface area contributed by atoms with Crippen molar-refractivity contribution in [3.63, 3.8) is 0 Å². The van der Waals surface area contributed by atoms with Gasteiger partial charge in [0, 0.05) is 17.5 Å². The minimum Gasteiger partial charge on any atom is -0.502 e. The van der Waals surface area contributed by atoms with Gasteiger partial charge >= 0.3 is 23.7 Å². The Bertz CT molecular complexity index is 1270. The second-order valence-electron chi connectivity index (χ2n) is 7.78. The van der Waals surface area contributed by atoms with Crippen molar-refractivity contribution >= 4 is 11.4 Å². The molecule has 0 unspecified atom stereocenters. The smallest absolute Gasteiger partial charge is 0.420 e. The van der Waals surface area contributed by atoms with Gasteiger partial charge in [0.1, 0.15) is 11.1 Å². The summed E-state index contributed by atoms with van der Waals surface area (Å²) in [6.07, 6.45) is -10.6. The van der Waals surface area contributed by atoms with Crippen LogP contribution < -0.4 is 0 Å². The summed E-state index contributed by atoms with van der Waals surface area (Å²) >= 11 is 0. The fourth-order valence-corrected chi connectivity index (χ4v) is 3.80. The van der Waals surface area contributed by atoms with Crippen molar-refractivity contribution < 1.29 is 46.4 Å². The molecule has 0 aromatic heterocycles. The number of hydrogen-bond donors (Lipinski definition) is 2. The molecule has 0 fully saturated rings. The van der Waals surface area contributed by atoms with Crippen molar-refractivity contribution in [1.29, 1.82) is 0 Å². The molecule has 36 heavy (non-hydrogen) atoms. The molecule has 0 aliphatic rings. The highest BCUT2D eigenvalue weighted by Gasteiger charge is 2.44. The molecule has 0 saturated heterocycles. The highest BCUT2D eigenvalue weighted by Crippen LogP contribution is 2.50. The van der Waals surface area contributed by atoms with Crippen LogP contribution in [-0.4, -0.2) is 20.1 Å². The van der Waals surface area contributed by atoms with E-state index in [1.54, 1.807) is 0 Å². The SMILES string of the molecule is CC(c1ccccc1)(c1cc([N+](=O)[O-])c(O)c(C(F)(F)F)c1)c1cc([N+](=O)[O-])c(O)c(C(F)(F)F)c1. The molecule has 3 aromatic rings. The predicted molar refractivity (Wildman–Crippen MR) is 112 cm³/mol. The molecule has 2 N–H and O–H groups in total. The number of phenolic OH excluding ortho intramolecular Hbond substituents is 2. The molecule has 0 aliphatic carbocycles. The van der Waals surface area contributed by atoms with Gasteiger partial charge in [0.2, 0.25) is 11.5 Å². The van der Waals surface area contributed by atoms with Gasteiger partial charge in [-0.15, -0.1) is 0 Å². The van der Waals surface area contributed by atoms with Crippen molar-refractivity contribution in [3.8, 4) is 11.5 Å². The summed E-state index contributed by atoms with van der Waals surface area (Å²) in [6.45, 7) is 1.11. The first-order chi connectivity index (χ1) is 16.5. The molecule has 0 atom stereocenters. The van der Waals surface area contributed by atoms with Gasteiger partial charge in [0.15, 0.2) is 0 Å². The highest BCUT2D eigenvalue weighted by molar-refractivity contribution is 5.63. The van der Waals surface area contributed by atoms with Gasteiger partial charge in [0.25, 0.3) is 0 Å². The number of nitro groups is 2. The molecule has 0 bridgehead atoms. The van der Waals surface area contributed by atoms with Gasteiger partial charge in [-0.2, -0.15) is 26.3 Å². The minimum absolute atomic E-state index is 0.00576. The maximum Gasteiger partial charge on any atom is 0.420 e.